The van der Waals surface area contributed by atoms with Gasteiger partial charge in [-0.25, -0.2) is 4.79 Å². The molecule has 1 heterocycles. The molecule has 0 aromatic heterocycles. The average molecular weight is 629 g/mol. The summed E-state index contributed by atoms with van der Waals surface area (Å²) in [6, 6.07) is 23.3. The number of para-hydroxylation sites is 1. The summed E-state index contributed by atoms with van der Waals surface area (Å²) in [6.45, 7) is 8.63. The van der Waals surface area contributed by atoms with Crippen LogP contribution in [-0.2, 0) is 22.4 Å². The number of aliphatic hydroxyl groups excluding tert-OH is 1. The number of rotatable bonds is 15. The second-order valence-corrected chi connectivity index (χ2v) is 12.5. The number of nitrogens with one attached hydrogen (secondary N) is 3. The molecule has 0 aliphatic carbocycles. The number of hydrogen-bond acceptors (Lipinski definition) is 5. The van der Waals surface area contributed by atoms with Gasteiger partial charge in [0.05, 0.1) is 12.1 Å². The Morgan fingerprint density at radius 3 is 2.09 bits per heavy atom. The lowest BCUT2D eigenvalue weighted by Gasteiger charge is -2.37. The maximum absolute atomic E-state index is 13.8. The molecule has 246 valence electrons. The Morgan fingerprint density at radius 1 is 0.891 bits per heavy atom. The minimum Gasteiger partial charge on any atom is -0.483 e. The van der Waals surface area contributed by atoms with Gasteiger partial charge in [0.1, 0.15) is 11.8 Å². The molecule has 4 N–H and O–H groups in total. The van der Waals surface area contributed by atoms with E-state index in [1.165, 1.54) is 0 Å². The number of ether oxygens (including phenoxy) is 1. The van der Waals surface area contributed by atoms with Crippen LogP contribution in [0, 0.1) is 19.8 Å². The van der Waals surface area contributed by atoms with E-state index in [4.69, 9.17) is 4.74 Å². The standard InChI is InChI=1S/C37H48N4O5/c1-25(2)34(41-20-12-19-38-37(41)45)36(44)39-30(21-28-15-7-5-8-16-28)23-32(42)31(22-29-17-9-6-10-18-29)40-33(43)24-46-35-26(3)13-11-14-27(35)4/h5-11,13-18,25,30-32,34,42H,12,19-24H2,1-4H3,(H,38,45)(H,39,44)(H,40,43)/t30-,31+,32+,34-/m0/s1. The van der Waals surface area contributed by atoms with Crippen molar-refractivity contribution in [2.24, 2.45) is 5.92 Å². The number of aryl methyl sites for hydroxylation is 2. The third-order valence-corrected chi connectivity index (χ3v) is 8.41. The fourth-order valence-electron chi connectivity index (χ4n) is 6.12. The van der Waals surface area contributed by atoms with Crippen molar-refractivity contribution < 1.29 is 24.2 Å². The van der Waals surface area contributed by atoms with E-state index in [2.05, 4.69) is 16.0 Å². The molecule has 46 heavy (non-hydrogen) atoms. The summed E-state index contributed by atoms with van der Waals surface area (Å²) in [5.74, 6) is -0.0493. The highest BCUT2D eigenvalue weighted by molar-refractivity contribution is 5.87. The minimum absolute atomic E-state index is 0.117. The summed E-state index contributed by atoms with van der Waals surface area (Å²) in [5, 5.41) is 20.7. The maximum Gasteiger partial charge on any atom is 0.318 e. The number of urea groups is 1. The van der Waals surface area contributed by atoms with E-state index in [0.29, 0.717) is 31.7 Å². The minimum atomic E-state index is -0.992. The van der Waals surface area contributed by atoms with Crippen LogP contribution in [0.2, 0.25) is 0 Å². The number of carbonyl (C=O) groups is 3. The predicted octanol–water partition coefficient (Wildman–Crippen LogP) is 4.33. The molecule has 4 amide bonds. The fourth-order valence-corrected chi connectivity index (χ4v) is 6.12. The van der Waals surface area contributed by atoms with E-state index in [-0.39, 0.29) is 36.8 Å². The first kappa shape index (κ1) is 34.5. The van der Waals surface area contributed by atoms with Crippen LogP contribution in [-0.4, -0.2) is 71.8 Å². The largest absolute Gasteiger partial charge is 0.483 e. The van der Waals surface area contributed by atoms with Gasteiger partial charge in [-0.15, -0.1) is 0 Å². The van der Waals surface area contributed by atoms with Crippen LogP contribution in [0.4, 0.5) is 4.79 Å². The van der Waals surface area contributed by atoms with Crippen LogP contribution in [0.1, 0.15) is 48.9 Å². The Balaban J connectivity index is 1.52. The number of carbonyl (C=O) groups excluding carboxylic acids is 3. The molecular formula is C37H48N4O5. The predicted molar refractivity (Wildman–Crippen MR) is 180 cm³/mol. The summed E-state index contributed by atoms with van der Waals surface area (Å²) < 4.78 is 5.90. The third-order valence-electron chi connectivity index (χ3n) is 8.41. The molecule has 1 aliphatic heterocycles. The zero-order valence-electron chi connectivity index (χ0n) is 27.4. The average Bonchev–Trinajstić information content (AvgIpc) is 3.02. The second kappa shape index (κ2) is 16.8. The molecule has 1 saturated heterocycles. The summed E-state index contributed by atoms with van der Waals surface area (Å²) in [7, 11) is 0. The van der Waals surface area contributed by atoms with E-state index in [1.807, 2.05) is 107 Å². The molecule has 0 bridgehead atoms. The van der Waals surface area contributed by atoms with Crippen molar-refractivity contribution in [2.45, 2.75) is 77.6 Å². The highest BCUT2D eigenvalue weighted by Gasteiger charge is 2.35. The molecule has 1 fully saturated rings. The molecule has 0 spiro atoms. The van der Waals surface area contributed by atoms with E-state index in [1.54, 1.807) is 4.90 Å². The lowest BCUT2D eigenvalue weighted by Crippen LogP contribution is -2.59. The van der Waals surface area contributed by atoms with Gasteiger partial charge in [-0.05, 0) is 67.7 Å². The fraction of sp³-hybridized carbons (Fsp3) is 0.432. The number of benzene rings is 3. The van der Waals surface area contributed by atoms with Gasteiger partial charge >= 0.3 is 6.03 Å². The topological polar surface area (TPSA) is 120 Å². The highest BCUT2D eigenvalue weighted by atomic mass is 16.5. The molecule has 0 saturated carbocycles. The van der Waals surface area contributed by atoms with Gasteiger partial charge < -0.3 is 30.7 Å². The Morgan fingerprint density at radius 2 is 1.50 bits per heavy atom. The van der Waals surface area contributed by atoms with E-state index < -0.39 is 24.2 Å². The van der Waals surface area contributed by atoms with Crippen LogP contribution in [0.15, 0.2) is 78.9 Å². The van der Waals surface area contributed by atoms with Crippen molar-refractivity contribution in [2.75, 3.05) is 19.7 Å². The Hall–Kier alpha value is -4.37. The molecule has 0 unspecified atom stereocenters. The third kappa shape index (κ3) is 9.81. The summed E-state index contributed by atoms with van der Waals surface area (Å²) in [6.07, 6.45) is 0.831. The van der Waals surface area contributed by atoms with Crippen molar-refractivity contribution in [3.8, 4) is 5.75 Å². The number of nitrogens with zero attached hydrogens (tertiary/aromatic N) is 1. The van der Waals surface area contributed by atoms with Gasteiger partial charge in [0, 0.05) is 19.1 Å². The molecule has 9 nitrogen and oxygen atoms in total. The molecule has 4 rings (SSSR count). The highest BCUT2D eigenvalue weighted by Crippen LogP contribution is 2.22. The lowest BCUT2D eigenvalue weighted by atomic mass is 9.92. The van der Waals surface area contributed by atoms with Gasteiger partial charge in [0.2, 0.25) is 5.91 Å². The smallest absolute Gasteiger partial charge is 0.318 e. The molecule has 4 atom stereocenters. The Bertz CT molecular complexity index is 1410. The lowest BCUT2D eigenvalue weighted by molar-refractivity contribution is -0.128. The van der Waals surface area contributed by atoms with E-state index >= 15 is 0 Å². The van der Waals surface area contributed by atoms with Gasteiger partial charge in [-0.3, -0.25) is 9.59 Å². The number of amides is 4. The van der Waals surface area contributed by atoms with Crippen LogP contribution < -0.4 is 20.7 Å². The number of hydrogen-bond donors (Lipinski definition) is 4. The van der Waals surface area contributed by atoms with Gasteiger partial charge in [0.25, 0.3) is 5.91 Å². The Labute approximate surface area is 272 Å². The zero-order chi connectivity index (χ0) is 33.1. The summed E-state index contributed by atoms with van der Waals surface area (Å²) >= 11 is 0. The first-order valence-corrected chi connectivity index (χ1v) is 16.2. The van der Waals surface area contributed by atoms with Gasteiger partial charge in [0.15, 0.2) is 6.61 Å². The Kier molecular flexibility index (Phi) is 12.6. The molecule has 9 heteroatoms. The van der Waals surface area contributed by atoms with Crippen molar-refractivity contribution >= 4 is 17.8 Å². The van der Waals surface area contributed by atoms with Gasteiger partial charge in [-0.1, -0.05) is 92.7 Å². The van der Waals surface area contributed by atoms with E-state index in [0.717, 1.165) is 28.7 Å². The SMILES string of the molecule is Cc1cccc(C)c1OCC(=O)N[C@H](Cc1ccccc1)[C@H](O)C[C@H](Cc1ccccc1)NC(=O)[C@H](C(C)C)N1CCCNC1=O. The maximum atomic E-state index is 13.8. The van der Waals surface area contributed by atoms with Crippen molar-refractivity contribution in [1.82, 2.24) is 20.9 Å². The monoisotopic (exact) mass is 628 g/mol. The van der Waals surface area contributed by atoms with Crippen LogP contribution in [0.5, 0.6) is 5.75 Å². The summed E-state index contributed by atoms with van der Waals surface area (Å²) in [4.78, 5) is 41.3. The molecule has 3 aromatic rings. The van der Waals surface area contributed by atoms with Crippen molar-refractivity contribution in [3.63, 3.8) is 0 Å². The number of aliphatic hydroxyl groups is 1. The molecule has 0 radical (unpaired) electrons. The quantitative estimate of drug-likeness (QED) is 0.200. The van der Waals surface area contributed by atoms with Crippen molar-refractivity contribution in [3.05, 3.63) is 101 Å². The van der Waals surface area contributed by atoms with Crippen LogP contribution in [0.3, 0.4) is 0 Å². The van der Waals surface area contributed by atoms with Crippen LogP contribution in [0.25, 0.3) is 0 Å². The molecular weight excluding hydrogens is 580 g/mol. The van der Waals surface area contributed by atoms with Crippen molar-refractivity contribution in [1.29, 1.82) is 0 Å². The molecule has 3 aromatic carbocycles. The van der Waals surface area contributed by atoms with E-state index in [9.17, 15) is 19.5 Å². The normalized spacial score (nSPS) is 15.8. The zero-order valence-corrected chi connectivity index (χ0v) is 27.4. The summed E-state index contributed by atoms with van der Waals surface area (Å²) in [5.41, 5.74) is 3.84. The van der Waals surface area contributed by atoms with Gasteiger partial charge in [-0.2, -0.15) is 0 Å². The first-order chi connectivity index (χ1) is 22.1. The first-order valence-electron chi connectivity index (χ1n) is 16.2. The van der Waals surface area contributed by atoms with Crippen LogP contribution >= 0.6 is 0 Å². The second-order valence-electron chi connectivity index (χ2n) is 12.5. The molecule has 1 aliphatic rings.